The molecule has 0 aliphatic heterocycles. The summed E-state index contributed by atoms with van der Waals surface area (Å²) in [5, 5.41) is 14.3. The lowest BCUT2D eigenvalue weighted by molar-refractivity contribution is 0.266. The summed E-state index contributed by atoms with van der Waals surface area (Å²) in [7, 11) is 3.31. The van der Waals surface area contributed by atoms with Crippen LogP contribution in [-0.4, -0.2) is 45.5 Å². The number of anilines is 1. The minimum absolute atomic E-state index is 0.191. The van der Waals surface area contributed by atoms with Gasteiger partial charge in [-0.25, -0.2) is 9.50 Å². The molecule has 4 rings (SSSR count). The quantitative estimate of drug-likeness (QED) is 0.306. The number of ether oxygens (including phenoxy) is 3. The Hall–Kier alpha value is -3.85. The van der Waals surface area contributed by atoms with Crippen LogP contribution in [-0.2, 0) is 19.7 Å². The number of nitrogens with zero attached hydrogens (tertiary/aromatic N) is 5. The number of benzene rings is 2. The van der Waals surface area contributed by atoms with E-state index in [2.05, 4.69) is 21.9 Å². The van der Waals surface area contributed by atoms with E-state index in [1.807, 2.05) is 48.5 Å². The summed E-state index contributed by atoms with van der Waals surface area (Å²) in [6, 6.07) is 16.1. The lowest BCUT2D eigenvalue weighted by atomic mass is 10.1. The summed E-state index contributed by atoms with van der Waals surface area (Å²) in [4.78, 5) is 11.4. The van der Waals surface area contributed by atoms with Crippen LogP contribution in [0.1, 0.15) is 36.6 Å². The summed E-state index contributed by atoms with van der Waals surface area (Å²) in [6.07, 6.45) is 3.51. The van der Waals surface area contributed by atoms with E-state index < -0.39 is 0 Å². The Kier molecular flexibility index (Phi) is 7.99. The molecular formula is C26H31N5O4. The van der Waals surface area contributed by atoms with Crippen LogP contribution in [0.2, 0.25) is 0 Å². The first kappa shape index (κ1) is 24.3. The second-order valence-corrected chi connectivity index (χ2v) is 8.12. The van der Waals surface area contributed by atoms with Gasteiger partial charge in [0, 0.05) is 13.1 Å². The second kappa shape index (κ2) is 11.5. The predicted molar refractivity (Wildman–Crippen MR) is 133 cm³/mol. The summed E-state index contributed by atoms with van der Waals surface area (Å²) in [5.74, 6) is 2.22. The molecule has 0 fully saturated rings. The number of imidazole rings is 1. The van der Waals surface area contributed by atoms with E-state index in [0.29, 0.717) is 36.9 Å². The second-order valence-electron chi connectivity index (χ2n) is 8.12. The monoisotopic (exact) mass is 477 g/mol. The number of hydrogen-bond acceptors (Lipinski definition) is 8. The Morgan fingerprint density at radius 2 is 1.51 bits per heavy atom. The first-order chi connectivity index (χ1) is 17.1. The third-order valence-electron chi connectivity index (χ3n) is 5.65. The molecule has 9 heteroatoms. The van der Waals surface area contributed by atoms with Crippen molar-refractivity contribution in [3.63, 3.8) is 0 Å². The number of aromatic nitrogens is 4. The molecule has 2 aromatic carbocycles. The van der Waals surface area contributed by atoms with Crippen LogP contribution >= 0.6 is 0 Å². The Morgan fingerprint density at radius 1 is 0.914 bits per heavy atom. The van der Waals surface area contributed by atoms with E-state index in [1.54, 1.807) is 24.9 Å². The van der Waals surface area contributed by atoms with Crippen LogP contribution in [0.15, 0.2) is 54.7 Å². The zero-order valence-corrected chi connectivity index (χ0v) is 20.3. The molecule has 1 N–H and O–H groups in total. The van der Waals surface area contributed by atoms with Crippen molar-refractivity contribution in [1.29, 1.82) is 0 Å². The minimum Gasteiger partial charge on any atom is -0.497 e. The first-order valence-electron chi connectivity index (χ1n) is 11.6. The van der Waals surface area contributed by atoms with Gasteiger partial charge >= 0.3 is 6.01 Å². The molecule has 0 saturated carbocycles. The van der Waals surface area contributed by atoms with Crippen LogP contribution in [0.25, 0.3) is 5.65 Å². The smallest absolute Gasteiger partial charge is 0.336 e. The number of methoxy groups -OCH3 is 2. The number of unbranched alkanes of at least 4 members (excludes halogenated alkanes) is 1. The predicted octanol–water partition coefficient (Wildman–Crippen LogP) is 4.02. The highest BCUT2D eigenvalue weighted by Gasteiger charge is 2.20. The van der Waals surface area contributed by atoms with E-state index in [9.17, 15) is 5.11 Å². The highest BCUT2D eigenvalue weighted by atomic mass is 16.5. The maximum atomic E-state index is 9.83. The van der Waals surface area contributed by atoms with E-state index >= 15 is 0 Å². The molecule has 0 bridgehead atoms. The fourth-order valence-corrected chi connectivity index (χ4v) is 3.69. The third-order valence-corrected chi connectivity index (χ3v) is 5.65. The number of aliphatic hydroxyl groups is 1. The molecule has 184 valence electrons. The largest absolute Gasteiger partial charge is 0.497 e. The Morgan fingerprint density at radius 3 is 2.03 bits per heavy atom. The maximum absolute atomic E-state index is 9.83. The molecule has 0 spiro atoms. The Bertz CT molecular complexity index is 1180. The fourth-order valence-electron chi connectivity index (χ4n) is 3.69. The van der Waals surface area contributed by atoms with Crippen molar-refractivity contribution < 1.29 is 19.3 Å². The lowest BCUT2D eigenvalue weighted by Crippen LogP contribution is -2.25. The van der Waals surface area contributed by atoms with Gasteiger partial charge in [0.1, 0.15) is 11.5 Å². The van der Waals surface area contributed by atoms with Crippen LogP contribution in [0.3, 0.4) is 0 Å². The van der Waals surface area contributed by atoms with Crippen LogP contribution in [0, 0.1) is 0 Å². The fraction of sp³-hybridized carbons (Fsp3) is 0.346. The van der Waals surface area contributed by atoms with Crippen LogP contribution in [0.5, 0.6) is 17.5 Å². The van der Waals surface area contributed by atoms with Crippen molar-refractivity contribution in [1.82, 2.24) is 19.6 Å². The first-order valence-corrected chi connectivity index (χ1v) is 11.6. The van der Waals surface area contributed by atoms with Gasteiger partial charge in [0.25, 0.3) is 0 Å². The van der Waals surface area contributed by atoms with Gasteiger partial charge in [0.15, 0.2) is 11.5 Å². The number of aliphatic hydroxyl groups excluding tert-OH is 1. The molecule has 0 unspecified atom stereocenters. The SMILES string of the molecule is CCCCOc1nc(N(Cc2ccc(OC)cc2)Cc2ccc(OC)cc2)c2ncc(CO)n2n1. The van der Waals surface area contributed by atoms with Gasteiger partial charge in [-0.05, 0) is 41.8 Å². The van der Waals surface area contributed by atoms with Crippen molar-refractivity contribution in [2.75, 3.05) is 25.7 Å². The Labute approximate surface area is 204 Å². The molecule has 0 radical (unpaired) electrons. The minimum atomic E-state index is -0.191. The summed E-state index contributed by atoms with van der Waals surface area (Å²) in [5.41, 5.74) is 3.29. The van der Waals surface area contributed by atoms with Gasteiger partial charge in [0.05, 0.1) is 39.3 Å². The van der Waals surface area contributed by atoms with E-state index in [-0.39, 0.29) is 12.6 Å². The average molecular weight is 478 g/mol. The summed E-state index contributed by atoms with van der Waals surface area (Å²) < 4.78 is 18.1. The molecule has 2 aromatic heterocycles. The molecule has 0 saturated heterocycles. The molecule has 35 heavy (non-hydrogen) atoms. The highest BCUT2D eigenvalue weighted by Crippen LogP contribution is 2.26. The van der Waals surface area contributed by atoms with Crippen molar-refractivity contribution in [3.05, 3.63) is 71.5 Å². The molecule has 0 amide bonds. The molecule has 0 aliphatic rings. The molecular weight excluding hydrogens is 446 g/mol. The number of hydrogen-bond donors (Lipinski definition) is 1. The average Bonchev–Trinajstić information content (AvgIpc) is 3.32. The van der Waals surface area contributed by atoms with Crippen molar-refractivity contribution in [2.45, 2.75) is 39.5 Å². The van der Waals surface area contributed by atoms with Crippen LogP contribution < -0.4 is 19.1 Å². The van der Waals surface area contributed by atoms with E-state index in [1.165, 1.54) is 0 Å². The molecule has 0 atom stereocenters. The lowest BCUT2D eigenvalue weighted by Gasteiger charge is -2.25. The topological polar surface area (TPSA) is 94.2 Å². The van der Waals surface area contributed by atoms with Crippen molar-refractivity contribution >= 4 is 11.5 Å². The van der Waals surface area contributed by atoms with Gasteiger partial charge in [0.2, 0.25) is 0 Å². The molecule has 9 nitrogen and oxygen atoms in total. The van der Waals surface area contributed by atoms with Crippen molar-refractivity contribution in [2.24, 2.45) is 0 Å². The van der Waals surface area contributed by atoms with Crippen LogP contribution in [0.4, 0.5) is 5.82 Å². The van der Waals surface area contributed by atoms with Gasteiger partial charge in [-0.3, -0.25) is 0 Å². The van der Waals surface area contributed by atoms with Gasteiger partial charge < -0.3 is 24.2 Å². The Balaban J connectivity index is 1.76. The van der Waals surface area contributed by atoms with E-state index in [0.717, 1.165) is 35.5 Å². The number of fused-ring (bicyclic) bond motifs is 1. The number of rotatable bonds is 12. The highest BCUT2D eigenvalue weighted by molar-refractivity contribution is 5.65. The third kappa shape index (κ3) is 5.81. The van der Waals surface area contributed by atoms with Gasteiger partial charge in [-0.15, -0.1) is 5.10 Å². The summed E-state index contributed by atoms with van der Waals surface area (Å²) >= 11 is 0. The van der Waals surface area contributed by atoms with Gasteiger partial charge in [-0.1, -0.05) is 37.6 Å². The normalized spacial score (nSPS) is 11.0. The molecule has 2 heterocycles. The van der Waals surface area contributed by atoms with Gasteiger partial charge in [-0.2, -0.15) is 4.98 Å². The zero-order chi connectivity index (χ0) is 24.6. The van der Waals surface area contributed by atoms with E-state index in [4.69, 9.17) is 19.2 Å². The zero-order valence-electron chi connectivity index (χ0n) is 20.3. The maximum Gasteiger partial charge on any atom is 0.336 e. The standard InChI is InChI=1S/C26H31N5O4/c1-4-5-14-35-26-28-25(24-27-15-21(18-32)31(24)29-26)30(16-19-6-10-22(33-2)11-7-19)17-20-8-12-23(34-3)13-9-20/h6-13,15,32H,4-5,14,16-18H2,1-3H3. The molecule has 0 aliphatic carbocycles. The molecule has 4 aromatic rings. The van der Waals surface area contributed by atoms with Crippen molar-refractivity contribution in [3.8, 4) is 17.5 Å². The summed E-state index contributed by atoms with van der Waals surface area (Å²) in [6.45, 7) is 3.56.